The summed E-state index contributed by atoms with van der Waals surface area (Å²) in [6, 6.07) is 21.3. The maximum absolute atomic E-state index is 12.8. The van der Waals surface area contributed by atoms with Gasteiger partial charge in [-0.3, -0.25) is 9.89 Å². The predicted molar refractivity (Wildman–Crippen MR) is 168 cm³/mol. The van der Waals surface area contributed by atoms with E-state index in [9.17, 15) is 4.79 Å². The molecular weight excluding hydrogens is 528 g/mol. The number of amides is 1. The average Bonchev–Trinajstić information content (AvgIpc) is 3.70. The van der Waals surface area contributed by atoms with Crippen molar-refractivity contribution in [2.75, 3.05) is 18.4 Å². The molecule has 1 aliphatic heterocycles. The monoisotopic (exact) mass is 560 g/mol. The first kappa shape index (κ1) is 25.7. The number of H-pyrrole nitrogens is 2. The molecule has 206 valence electrons. The van der Waals surface area contributed by atoms with Crippen molar-refractivity contribution in [2.24, 2.45) is 5.92 Å². The second kappa shape index (κ2) is 10.6. The third-order valence-electron chi connectivity index (χ3n) is 7.98. The minimum atomic E-state index is 0.0787. The largest absolute Gasteiger partial charge is 0.353 e. The van der Waals surface area contributed by atoms with E-state index in [2.05, 4.69) is 93.2 Å². The second-order valence-electron chi connectivity index (χ2n) is 11.1. The SMILES string of the molecule is Cc1cc(NC(=O)CC2CCNCC2)cc(-c2cnc3n[nH]c(-c4cc5c(-c6ccc(C)s6)cccc5[nH]4)c3c2)c1. The first-order valence-corrected chi connectivity index (χ1v) is 15.0. The lowest BCUT2D eigenvalue weighted by molar-refractivity contribution is -0.117. The number of nitrogens with one attached hydrogen (secondary N) is 4. The maximum atomic E-state index is 12.8. The molecule has 0 bridgehead atoms. The lowest BCUT2D eigenvalue weighted by Crippen LogP contribution is -2.30. The highest BCUT2D eigenvalue weighted by atomic mass is 32.1. The highest BCUT2D eigenvalue weighted by Gasteiger charge is 2.18. The van der Waals surface area contributed by atoms with Gasteiger partial charge in [-0.15, -0.1) is 11.3 Å². The van der Waals surface area contributed by atoms with Crippen LogP contribution >= 0.6 is 11.3 Å². The quantitative estimate of drug-likeness (QED) is 0.170. The second-order valence-corrected chi connectivity index (χ2v) is 12.4. The zero-order valence-electron chi connectivity index (χ0n) is 23.2. The Morgan fingerprint density at radius 3 is 2.71 bits per heavy atom. The molecule has 8 heteroatoms. The molecule has 0 atom stereocenters. The van der Waals surface area contributed by atoms with Gasteiger partial charge in [0.1, 0.15) is 0 Å². The first-order valence-electron chi connectivity index (χ1n) is 14.2. The summed E-state index contributed by atoms with van der Waals surface area (Å²) in [6.45, 7) is 6.18. The number of benzene rings is 2. The summed E-state index contributed by atoms with van der Waals surface area (Å²) < 4.78 is 0. The Hall–Kier alpha value is -4.27. The van der Waals surface area contributed by atoms with Crippen molar-refractivity contribution in [3.63, 3.8) is 0 Å². The molecule has 7 nitrogen and oxygen atoms in total. The van der Waals surface area contributed by atoms with E-state index in [0.29, 0.717) is 18.0 Å². The number of pyridine rings is 1. The molecule has 1 fully saturated rings. The van der Waals surface area contributed by atoms with Gasteiger partial charge in [0.05, 0.1) is 11.4 Å². The highest BCUT2D eigenvalue weighted by molar-refractivity contribution is 7.15. The summed E-state index contributed by atoms with van der Waals surface area (Å²) in [4.78, 5) is 23.6. The molecule has 0 aliphatic carbocycles. The van der Waals surface area contributed by atoms with Gasteiger partial charge in [-0.2, -0.15) is 5.10 Å². The fourth-order valence-electron chi connectivity index (χ4n) is 5.93. The van der Waals surface area contributed by atoms with E-state index in [1.165, 1.54) is 20.7 Å². The number of piperidine rings is 1. The Morgan fingerprint density at radius 2 is 1.88 bits per heavy atom. The molecule has 1 aliphatic rings. The number of anilines is 1. The van der Waals surface area contributed by atoms with Gasteiger partial charge >= 0.3 is 0 Å². The van der Waals surface area contributed by atoms with Gasteiger partial charge in [0, 0.05) is 55.5 Å². The number of hydrogen-bond donors (Lipinski definition) is 4. The molecule has 41 heavy (non-hydrogen) atoms. The van der Waals surface area contributed by atoms with Crippen LogP contribution < -0.4 is 10.6 Å². The van der Waals surface area contributed by atoms with Crippen LogP contribution in [0.3, 0.4) is 0 Å². The number of carbonyl (C=O) groups excluding carboxylic acids is 1. The summed E-state index contributed by atoms with van der Waals surface area (Å²) in [6.07, 6.45) is 4.52. The number of aryl methyl sites for hydroxylation is 2. The average molecular weight is 561 g/mol. The fraction of sp³-hybridized carbons (Fsp3) is 0.242. The van der Waals surface area contributed by atoms with Crippen LogP contribution in [-0.4, -0.2) is 39.2 Å². The molecule has 4 aromatic heterocycles. The minimum absolute atomic E-state index is 0.0787. The van der Waals surface area contributed by atoms with Crippen molar-refractivity contribution in [3.8, 4) is 33.0 Å². The molecule has 1 saturated heterocycles. The smallest absolute Gasteiger partial charge is 0.224 e. The normalized spacial score (nSPS) is 14.2. The van der Waals surface area contributed by atoms with Gasteiger partial charge in [0.15, 0.2) is 5.65 Å². The number of aromatic nitrogens is 4. The van der Waals surface area contributed by atoms with Crippen LogP contribution in [0.1, 0.15) is 29.7 Å². The van der Waals surface area contributed by atoms with E-state index in [-0.39, 0.29) is 5.91 Å². The van der Waals surface area contributed by atoms with Crippen LogP contribution in [0.2, 0.25) is 0 Å². The van der Waals surface area contributed by atoms with E-state index in [4.69, 9.17) is 0 Å². The summed E-state index contributed by atoms with van der Waals surface area (Å²) in [5, 5.41) is 16.4. The van der Waals surface area contributed by atoms with E-state index in [1.807, 2.05) is 18.3 Å². The van der Waals surface area contributed by atoms with Crippen LogP contribution in [0.5, 0.6) is 0 Å². The molecule has 0 saturated carbocycles. The number of carbonyl (C=O) groups is 1. The Bertz CT molecular complexity index is 1890. The third kappa shape index (κ3) is 5.16. The molecule has 5 heterocycles. The minimum Gasteiger partial charge on any atom is -0.353 e. The number of hydrogen-bond acceptors (Lipinski definition) is 5. The topological polar surface area (TPSA) is 98.5 Å². The van der Waals surface area contributed by atoms with Crippen LogP contribution in [0, 0.1) is 19.8 Å². The zero-order chi connectivity index (χ0) is 27.9. The molecule has 0 radical (unpaired) electrons. The lowest BCUT2D eigenvalue weighted by atomic mass is 9.94. The van der Waals surface area contributed by atoms with Gasteiger partial charge in [-0.05, 0) is 99.3 Å². The summed E-state index contributed by atoms with van der Waals surface area (Å²) >= 11 is 1.81. The number of nitrogens with zero attached hydrogens (tertiary/aromatic N) is 2. The van der Waals surface area contributed by atoms with Crippen molar-refractivity contribution in [1.29, 1.82) is 0 Å². The molecule has 7 rings (SSSR count). The predicted octanol–water partition coefficient (Wildman–Crippen LogP) is 7.45. The Labute approximate surface area is 242 Å². The van der Waals surface area contributed by atoms with Crippen molar-refractivity contribution in [1.82, 2.24) is 25.5 Å². The van der Waals surface area contributed by atoms with E-state index >= 15 is 0 Å². The molecule has 2 aromatic carbocycles. The summed E-state index contributed by atoms with van der Waals surface area (Å²) in [5.74, 6) is 0.525. The Kier molecular flexibility index (Phi) is 6.65. The van der Waals surface area contributed by atoms with Gasteiger partial charge in [0.2, 0.25) is 5.91 Å². The van der Waals surface area contributed by atoms with Crippen molar-refractivity contribution in [2.45, 2.75) is 33.1 Å². The molecule has 1 amide bonds. The summed E-state index contributed by atoms with van der Waals surface area (Å²) in [7, 11) is 0. The molecule has 0 spiro atoms. The fourth-order valence-corrected chi connectivity index (χ4v) is 6.84. The molecule has 0 unspecified atom stereocenters. The first-order chi connectivity index (χ1) is 20.0. The van der Waals surface area contributed by atoms with Gasteiger partial charge in [-0.25, -0.2) is 4.98 Å². The number of aromatic amines is 2. The molecule has 4 N–H and O–H groups in total. The Balaban J connectivity index is 1.21. The van der Waals surface area contributed by atoms with Gasteiger partial charge < -0.3 is 15.6 Å². The highest BCUT2D eigenvalue weighted by Crippen LogP contribution is 2.37. The number of fused-ring (bicyclic) bond motifs is 2. The van der Waals surface area contributed by atoms with E-state index in [0.717, 1.165) is 70.6 Å². The van der Waals surface area contributed by atoms with Crippen LogP contribution in [0.15, 0.2) is 66.9 Å². The lowest BCUT2D eigenvalue weighted by Gasteiger charge is -2.22. The Morgan fingerprint density at radius 1 is 1.00 bits per heavy atom. The van der Waals surface area contributed by atoms with Crippen LogP contribution in [0.25, 0.3) is 54.9 Å². The molecule has 6 aromatic rings. The van der Waals surface area contributed by atoms with Crippen LogP contribution in [-0.2, 0) is 4.79 Å². The van der Waals surface area contributed by atoms with Crippen molar-refractivity contribution < 1.29 is 4.79 Å². The van der Waals surface area contributed by atoms with E-state index in [1.54, 1.807) is 11.3 Å². The van der Waals surface area contributed by atoms with Crippen molar-refractivity contribution in [3.05, 3.63) is 77.3 Å². The zero-order valence-corrected chi connectivity index (χ0v) is 24.0. The van der Waals surface area contributed by atoms with E-state index < -0.39 is 0 Å². The number of rotatable bonds is 6. The standard InChI is InChI=1S/C33H32N6OS/c1-19-12-22(15-24(13-19)36-31(40)14-21-8-10-34-11-9-21)23-16-27-32(38-39-33(27)35-18-23)29-17-26-25(4-3-5-28(26)37-29)30-7-6-20(2)41-30/h3-7,12-13,15-18,21,34,37H,8-11,14H2,1-2H3,(H,36,40)(H,35,38,39). The maximum Gasteiger partial charge on any atom is 0.224 e. The van der Waals surface area contributed by atoms with Gasteiger partial charge in [-0.1, -0.05) is 18.2 Å². The van der Waals surface area contributed by atoms with Crippen LogP contribution in [0.4, 0.5) is 5.69 Å². The molecular formula is C33H32N6OS. The summed E-state index contributed by atoms with van der Waals surface area (Å²) in [5.41, 5.74) is 8.73. The van der Waals surface area contributed by atoms with Crippen molar-refractivity contribution >= 4 is 44.9 Å². The number of thiophene rings is 1. The third-order valence-corrected chi connectivity index (χ3v) is 9.01. The van der Waals surface area contributed by atoms with Gasteiger partial charge in [0.25, 0.3) is 0 Å².